The number of nitrogens with one attached hydrogen (secondary N) is 1. The molecule has 0 aliphatic carbocycles. The van der Waals surface area contributed by atoms with Gasteiger partial charge in [0.1, 0.15) is 18.4 Å². The number of anilines is 1. The van der Waals surface area contributed by atoms with E-state index in [4.69, 9.17) is 0 Å². The van der Waals surface area contributed by atoms with E-state index in [9.17, 15) is 22.4 Å². The van der Waals surface area contributed by atoms with Crippen molar-refractivity contribution in [3.63, 3.8) is 0 Å². The number of nitrogens with zero attached hydrogens (tertiary/aromatic N) is 2. The number of carbonyl (C=O) groups excluding carboxylic acids is 2. The predicted molar refractivity (Wildman–Crippen MR) is 169 cm³/mol. The van der Waals surface area contributed by atoms with Crippen LogP contribution in [0, 0.1) is 5.82 Å². The molecule has 0 radical (unpaired) electrons. The van der Waals surface area contributed by atoms with Gasteiger partial charge >= 0.3 is 0 Å². The van der Waals surface area contributed by atoms with Gasteiger partial charge in [-0.15, -0.1) is 0 Å². The molecule has 0 aliphatic heterocycles. The molecule has 1 atom stereocenters. The van der Waals surface area contributed by atoms with Crippen molar-refractivity contribution in [2.75, 3.05) is 17.4 Å². The minimum absolute atomic E-state index is 0.0253. The predicted octanol–water partition coefficient (Wildman–Crippen LogP) is 5.95. The molecule has 4 rings (SSSR count). The maximum absolute atomic E-state index is 14.3. The molecule has 4 aromatic rings. The Morgan fingerprint density at radius 2 is 1.44 bits per heavy atom. The average Bonchev–Trinajstić information content (AvgIpc) is 3.02. The summed E-state index contributed by atoms with van der Waals surface area (Å²) in [6, 6.07) is 28.5. The Labute approximate surface area is 260 Å². The third kappa shape index (κ3) is 8.52. The van der Waals surface area contributed by atoms with E-state index >= 15 is 0 Å². The highest BCUT2D eigenvalue weighted by Crippen LogP contribution is 2.26. The summed E-state index contributed by atoms with van der Waals surface area (Å²) in [7, 11) is -4.17. The van der Waals surface area contributed by atoms with Gasteiger partial charge in [0.2, 0.25) is 11.8 Å². The summed E-state index contributed by atoms with van der Waals surface area (Å²) in [5, 5.41) is 2.90. The van der Waals surface area contributed by atoms with Crippen LogP contribution in [0.5, 0.6) is 0 Å². The second-order valence-electron chi connectivity index (χ2n) is 9.95. The number of benzene rings is 4. The van der Waals surface area contributed by atoms with Gasteiger partial charge in [-0.1, -0.05) is 83.5 Å². The fourth-order valence-corrected chi connectivity index (χ4v) is 6.26. The van der Waals surface area contributed by atoms with Crippen LogP contribution in [0.4, 0.5) is 10.1 Å². The molecule has 43 heavy (non-hydrogen) atoms. The van der Waals surface area contributed by atoms with E-state index in [0.29, 0.717) is 18.5 Å². The molecule has 7 nitrogen and oxygen atoms in total. The number of rotatable bonds is 13. The van der Waals surface area contributed by atoms with Crippen molar-refractivity contribution < 1.29 is 22.4 Å². The molecule has 1 N–H and O–H groups in total. The molecule has 0 saturated carbocycles. The van der Waals surface area contributed by atoms with E-state index in [1.54, 1.807) is 54.6 Å². The van der Waals surface area contributed by atoms with Crippen molar-refractivity contribution in [1.82, 2.24) is 10.2 Å². The molecule has 0 saturated heterocycles. The monoisotopic (exact) mass is 665 g/mol. The fraction of sp³-hybridized carbons (Fsp3) is 0.212. The van der Waals surface area contributed by atoms with Gasteiger partial charge in [0, 0.05) is 24.0 Å². The van der Waals surface area contributed by atoms with Crippen molar-refractivity contribution in [3.8, 4) is 0 Å². The van der Waals surface area contributed by atoms with Crippen LogP contribution < -0.4 is 9.62 Å². The molecule has 0 aromatic heterocycles. The second-order valence-corrected chi connectivity index (χ2v) is 12.7. The Kier molecular flexibility index (Phi) is 11.1. The minimum atomic E-state index is -4.17. The van der Waals surface area contributed by atoms with Gasteiger partial charge in [-0.05, 0) is 66.1 Å². The van der Waals surface area contributed by atoms with E-state index in [2.05, 4.69) is 21.2 Å². The highest BCUT2D eigenvalue weighted by Gasteiger charge is 2.34. The van der Waals surface area contributed by atoms with E-state index in [-0.39, 0.29) is 29.5 Å². The number of hydrogen-bond donors (Lipinski definition) is 1. The van der Waals surface area contributed by atoms with E-state index in [1.165, 1.54) is 29.2 Å². The standard InChI is InChI=1S/C33H33BrFN3O4S/c1-2-21-36-33(40)31(22-25-9-5-3-6-10-25)37(23-26-13-17-28(35)18-14-26)32(39)24-38(29-19-15-27(34)16-20-29)43(41,42)30-11-7-4-8-12-30/h3-20,31H,2,21-24H2,1H3,(H,36,40). The molecule has 224 valence electrons. The lowest BCUT2D eigenvalue weighted by Gasteiger charge is -2.34. The van der Waals surface area contributed by atoms with Crippen LogP contribution in [0.3, 0.4) is 0 Å². The topological polar surface area (TPSA) is 86.8 Å². The smallest absolute Gasteiger partial charge is 0.264 e. The Bertz CT molecular complexity index is 1600. The summed E-state index contributed by atoms with van der Waals surface area (Å²) >= 11 is 3.38. The van der Waals surface area contributed by atoms with Gasteiger partial charge < -0.3 is 10.2 Å². The van der Waals surface area contributed by atoms with Crippen LogP contribution in [0.15, 0.2) is 119 Å². The van der Waals surface area contributed by atoms with Gasteiger partial charge in [0.05, 0.1) is 10.6 Å². The van der Waals surface area contributed by atoms with Gasteiger partial charge in [-0.25, -0.2) is 12.8 Å². The fourth-order valence-electron chi connectivity index (χ4n) is 4.56. The minimum Gasteiger partial charge on any atom is -0.354 e. The largest absolute Gasteiger partial charge is 0.354 e. The first-order valence-corrected chi connectivity index (χ1v) is 16.1. The maximum Gasteiger partial charge on any atom is 0.264 e. The Morgan fingerprint density at radius 3 is 2.05 bits per heavy atom. The number of carbonyl (C=O) groups is 2. The zero-order valence-electron chi connectivity index (χ0n) is 23.7. The third-order valence-corrected chi connectivity index (χ3v) is 9.13. The van der Waals surface area contributed by atoms with Crippen molar-refractivity contribution in [2.24, 2.45) is 0 Å². The van der Waals surface area contributed by atoms with E-state index in [1.807, 2.05) is 37.3 Å². The number of hydrogen-bond acceptors (Lipinski definition) is 4. The zero-order chi connectivity index (χ0) is 30.8. The second kappa shape index (κ2) is 14.9. The first kappa shape index (κ1) is 31.9. The third-order valence-electron chi connectivity index (χ3n) is 6.81. The van der Waals surface area contributed by atoms with Gasteiger partial charge in [-0.2, -0.15) is 0 Å². The first-order chi connectivity index (χ1) is 20.7. The van der Waals surface area contributed by atoms with Crippen LogP contribution in [-0.2, 0) is 32.6 Å². The normalized spacial score (nSPS) is 11.9. The van der Waals surface area contributed by atoms with Crippen LogP contribution in [0.25, 0.3) is 0 Å². The molecule has 0 bridgehead atoms. The lowest BCUT2D eigenvalue weighted by atomic mass is 10.0. The van der Waals surface area contributed by atoms with Gasteiger partial charge in [-0.3, -0.25) is 13.9 Å². The molecule has 0 heterocycles. The number of amides is 2. The lowest BCUT2D eigenvalue weighted by Crippen LogP contribution is -2.53. The van der Waals surface area contributed by atoms with Crippen molar-refractivity contribution in [3.05, 3.63) is 131 Å². The summed E-state index contributed by atoms with van der Waals surface area (Å²) in [4.78, 5) is 29.3. The molecule has 2 amide bonds. The highest BCUT2D eigenvalue weighted by molar-refractivity contribution is 9.10. The van der Waals surface area contributed by atoms with Gasteiger partial charge in [0.15, 0.2) is 0 Å². The highest BCUT2D eigenvalue weighted by atomic mass is 79.9. The Hall–Kier alpha value is -4.02. The zero-order valence-corrected chi connectivity index (χ0v) is 26.1. The molecule has 0 aliphatic rings. The number of sulfonamides is 1. The summed E-state index contributed by atoms with van der Waals surface area (Å²) in [5.74, 6) is -1.37. The average molecular weight is 667 g/mol. The Morgan fingerprint density at radius 1 is 0.837 bits per heavy atom. The van der Waals surface area contributed by atoms with Crippen molar-refractivity contribution in [1.29, 1.82) is 0 Å². The molecule has 0 fully saturated rings. The molecule has 4 aromatic carbocycles. The molecular formula is C33H33BrFN3O4S. The molecule has 1 unspecified atom stereocenters. The number of halogens is 2. The van der Waals surface area contributed by atoms with Crippen LogP contribution in [0.1, 0.15) is 24.5 Å². The van der Waals surface area contributed by atoms with E-state index in [0.717, 1.165) is 14.3 Å². The van der Waals surface area contributed by atoms with Crippen molar-refractivity contribution >= 4 is 43.5 Å². The SMILES string of the molecule is CCCNC(=O)C(Cc1ccccc1)N(Cc1ccc(F)cc1)C(=O)CN(c1ccc(Br)cc1)S(=O)(=O)c1ccccc1. The van der Waals surface area contributed by atoms with Crippen LogP contribution in [0.2, 0.25) is 0 Å². The summed E-state index contributed by atoms with van der Waals surface area (Å²) in [6.45, 7) is 1.75. The van der Waals surface area contributed by atoms with Crippen LogP contribution in [-0.4, -0.2) is 44.3 Å². The quantitative estimate of drug-likeness (QED) is 0.191. The first-order valence-electron chi connectivity index (χ1n) is 13.9. The maximum atomic E-state index is 14.3. The van der Waals surface area contributed by atoms with Crippen molar-refractivity contribution in [2.45, 2.75) is 37.2 Å². The summed E-state index contributed by atoms with van der Waals surface area (Å²) in [5.41, 5.74) is 1.71. The summed E-state index contributed by atoms with van der Waals surface area (Å²) < 4.78 is 43.4. The molecular weight excluding hydrogens is 633 g/mol. The Balaban J connectivity index is 1.78. The lowest BCUT2D eigenvalue weighted by molar-refractivity contribution is -0.140. The van der Waals surface area contributed by atoms with Gasteiger partial charge in [0.25, 0.3) is 10.0 Å². The summed E-state index contributed by atoms with van der Waals surface area (Å²) in [6.07, 6.45) is 0.898. The van der Waals surface area contributed by atoms with Crippen LogP contribution >= 0.6 is 15.9 Å². The van der Waals surface area contributed by atoms with E-state index < -0.39 is 34.3 Å². The molecule has 10 heteroatoms. The molecule has 0 spiro atoms.